The second-order valence-electron chi connectivity index (χ2n) is 7.66. The Morgan fingerprint density at radius 1 is 1.19 bits per heavy atom. The van der Waals surface area contributed by atoms with Gasteiger partial charge in [-0.2, -0.15) is 0 Å². The first-order valence-corrected chi connectivity index (χ1v) is 10.0. The van der Waals surface area contributed by atoms with Crippen LogP contribution in [0.4, 0.5) is 4.79 Å². The molecule has 10 nitrogen and oxygen atoms in total. The molecule has 0 saturated carbocycles. The quantitative estimate of drug-likeness (QED) is 0.528. The van der Waals surface area contributed by atoms with Crippen LogP contribution in [0.25, 0.3) is 0 Å². The Kier molecular flexibility index (Phi) is 8.53. The zero-order valence-electron chi connectivity index (χ0n) is 17.5. The molecule has 1 saturated heterocycles. The van der Waals surface area contributed by atoms with E-state index >= 15 is 0 Å². The second kappa shape index (κ2) is 11.1. The van der Waals surface area contributed by atoms with Gasteiger partial charge in [0.15, 0.2) is 0 Å². The van der Waals surface area contributed by atoms with Gasteiger partial charge in [0, 0.05) is 6.42 Å². The van der Waals surface area contributed by atoms with Crippen molar-refractivity contribution in [3.05, 3.63) is 35.9 Å². The number of nitrogens with zero attached hydrogens (tertiary/aromatic N) is 1. The minimum absolute atomic E-state index is 0.00141. The lowest BCUT2D eigenvalue weighted by atomic mass is 10.0. The molecule has 0 bridgehead atoms. The third kappa shape index (κ3) is 7.09. The summed E-state index contributed by atoms with van der Waals surface area (Å²) in [5, 5.41) is 13.5. The van der Waals surface area contributed by atoms with Gasteiger partial charge in [0.25, 0.3) is 0 Å². The molecule has 2 atom stereocenters. The molecule has 3 N–H and O–H groups in total. The Hall–Kier alpha value is -3.43. The van der Waals surface area contributed by atoms with Crippen LogP contribution in [0, 0.1) is 5.92 Å². The van der Waals surface area contributed by atoms with Gasteiger partial charge < -0.3 is 20.5 Å². The minimum Gasteiger partial charge on any atom is -0.480 e. The van der Waals surface area contributed by atoms with Crippen LogP contribution in [-0.4, -0.2) is 58.4 Å². The standard InChI is InChI=1S/C21H27N3O7/c1-13(2)10-15(19(28)22-11-18(26)27)23-20(29)16-8-9-17(25)24(16)21(30)31-12-14-6-4-3-5-7-14/h3-7,13,15-16H,8-12H2,1-2H3,(H,22,28)(H,23,29)(H,26,27)/t15-,16-/m1/s1. The highest BCUT2D eigenvalue weighted by Gasteiger charge is 2.42. The summed E-state index contributed by atoms with van der Waals surface area (Å²) < 4.78 is 5.19. The zero-order chi connectivity index (χ0) is 23.0. The van der Waals surface area contributed by atoms with Gasteiger partial charge in [-0.05, 0) is 24.3 Å². The van der Waals surface area contributed by atoms with Gasteiger partial charge in [-0.1, -0.05) is 44.2 Å². The summed E-state index contributed by atoms with van der Waals surface area (Å²) in [6, 6.07) is 6.80. The number of hydrogen-bond donors (Lipinski definition) is 3. The van der Waals surface area contributed by atoms with Crippen LogP contribution in [0.2, 0.25) is 0 Å². The smallest absolute Gasteiger partial charge is 0.417 e. The van der Waals surface area contributed by atoms with Crippen LogP contribution < -0.4 is 10.6 Å². The molecular formula is C21H27N3O7. The number of benzene rings is 1. The third-order valence-corrected chi connectivity index (χ3v) is 4.67. The molecule has 10 heteroatoms. The number of carboxylic acid groups (broad SMARTS) is 1. The lowest BCUT2D eigenvalue weighted by Gasteiger charge is -2.25. The van der Waals surface area contributed by atoms with Crippen molar-refractivity contribution >= 4 is 29.8 Å². The summed E-state index contributed by atoms with van der Waals surface area (Å²) in [5.41, 5.74) is 0.732. The summed E-state index contributed by atoms with van der Waals surface area (Å²) in [6.45, 7) is 3.06. The lowest BCUT2D eigenvalue weighted by molar-refractivity contribution is -0.139. The van der Waals surface area contributed by atoms with Crippen molar-refractivity contribution in [3.63, 3.8) is 0 Å². The number of rotatable bonds is 9. The third-order valence-electron chi connectivity index (χ3n) is 4.67. The number of ether oxygens (including phenoxy) is 1. The molecule has 1 fully saturated rings. The van der Waals surface area contributed by atoms with Gasteiger partial charge in [-0.3, -0.25) is 19.2 Å². The number of carbonyl (C=O) groups is 5. The molecule has 1 heterocycles. The van der Waals surface area contributed by atoms with Crippen LogP contribution in [0.5, 0.6) is 0 Å². The molecule has 1 aromatic rings. The number of hydrogen-bond acceptors (Lipinski definition) is 6. The van der Waals surface area contributed by atoms with E-state index in [1.54, 1.807) is 24.3 Å². The van der Waals surface area contributed by atoms with Crippen LogP contribution in [0.15, 0.2) is 30.3 Å². The van der Waals surface area contributed by atoms with Crippen LogP contribution in [0.3, 0.4) is 0 Å². The fourth-order valence-electron chi connectivity index (χ4n) is 3.21. The number of carbonyl (C=O) groups excluding carboxylic acids is 4. The van der Waals surface area contributed by atoms with Crippen LogP contribution in [-0.2, 0) is 30.5 Å². The van der Waals surface area contributed by atoms with E-state index in [4.69, 9.17) is 9.84 Å². The van der Waals surface area contributed by atoms with Crippen molar-refractivity contribution in [2.24, 2.45) is 5.92 Å². The Labute approximate surface area is 179 Å². The number of nitrogens with one attached hydrogen (secondary N) is 2. The van der Waals surface area contributed by atoms with Gasteiger partial charge >= 0.3 is 12.1 Å². The molecule has 1 aliphatic heterocycles. The van der Waals surface area contributed by atoms with Gasteiger partial charge in [0.05, 0.1) is 0 Å². The highest BCUT2D eigenvalue weighted by Crippen LogP contribution is 2.21. The van der Waals surface area contributed by atoms with E-state index in [1.807, 2.05) is 19.9 Å². The van der Waals surface area contributed by atoms with E-state index < -0.39 is 48.4 Å². The molecular weight excluding hydrogens is 406 g/mol. The minimum atomic E-state index is -1.21. The molecule has 168 valence electrons. The number of aliphatic carboxylic acids is 1. The molecule has 2 rings (SSSR count). The fraction of sp³-hybridized carbons (Fsp3) is 0.476. The highest BCUT2D eigenvalue weighted by atomic mass is 16.6. The number of amides is 4. The predicted molar refractivity (Wildman–Crippen MR) is 109 cm³/mol. The van der Waals surface area contributed by atoms with E-state index in [9.17, 15) is 24.0 Å². The SMILES string of the molecule is CC(C)C[C@@H](NC(=O)[C@H]1CCC(=O)N1C(=O)OCc1ccccc1)C(=O)NCC(=O)O. The Balaban J connectivity index is 2.04. The maximum Gasteiger partial charge on any atom is 0.417 e. The van der Waals surface area contributed by atoms with Crippen molar-refractivity contribution in [3.8, 4) is 0 Å². The molecule has 0 aromatic heterocycles. The Morgan fingerprint density at radius 2 is 1.87 bits per heavy atom. The monoisotopic (exact) mass is 433 g/mol. The topological polar surface area (TPSA) is 142 Å². The summed E-state index contributed by atoms with van der Waals surface area (Å²) in [4.78, 5) is 61.3. The normalized spacial score (nSPS) is 16.7. The van der Waals surface area contributed by atoms with Crippen LogP contribution >= 0.6 is 0 Å². The maximum atomic E-state index is 12.8. The van der Waals surface area contributed by atoms with E-state index in [2.05, 4.69) is 10.6 Å². The average molecular weight is 433 g/mol. The summed E-state index contributed by atoms with van der Waals surface area (Å²) >= 11 is 0. The largest absolute Gasteiger partial charge is 0.480 e. The zero-order valence-corrected chi connectivity index (χ0v) is 17.5. The van der Waals surface area contributed by atoms with Crippen molar-refractivity contribution in [2.45, 2.75) is 51.8 Å². The summed E-state index contributed by atoms with van der Waals surface area (Å²) in [6.07, 6.45) is -0.562. The van der Waals surface area contributed by atoms with Crippen molar-refractivity contribution in [1.29, 1.82) is 0 Å². The van der Waals surface area contributed by atoms with E-state index in [-0.39, 0.29) is 31.8 Å². The van der Waals surface area contributed by atoms with Crippen molar-refractivity contribution in [2.75, 3.05) is 6.54 Å². The molecule has 1 aliphatic rings. The summed E-state index contributed by atoms with van der Waals surface area (Å²) in [5.74, 6) is -3.03. The van der Waals surface area contributed by atoms with Crippen LogP contribution in [0.1, 0.15) is 38.7 Å². The molecule has 0 spiro atoms. The van der Waals surface area contributed by atoms with Gasteiger partial charge in [0.2, 0.25) is 17.7 Å². The van der Waals surface area contributed by atoms with Crippen molar-refractivity contribution in [1.82, 2.24) is 15.5 Å². The number of imide groups is 1. The molecule has 1 aromatic carbocycles. The first-order valence-electron chi connectivity index (χ1n) is 10.0. The molecule has 31 heavy (non-hydrogen) atoms. The van der Waals surface area contributed by atoms with Gasteiger partial charge in [-0.15, -0.1) is 0 Å². The molecule has 0 unspecified atom stereocenters. The predicted octanol–water partition coefficient (Wildman–Crippen LogP) is 1.05. The molecule has 0 radical (unpaired) electrons. The second-order valence-corrected chi connectivity index (χ2v) is 7.66. The van der Waals surface area contributed by atoms with E-state index in [0.717, 1.165) is 10.5 Å². The van der Waals surface area contributed by atoms with Gasteiger partial charge in [-0.25, -0.2) is 9.69 Å². The first kappa shape index (κ1) is 23.8. The number of likely N-dealkylation sites (tertiary alicyclic amines) is 1. The maximum absolute atomic E-state index is 12.8. The Morgan fingerprint density at radius 3 is 2.48 bits per heavy atom. The first-order chi connectivity index (χ1) is 14.7. The molecule has 4 amide bonds. The molecule has 0 aliphatic carbocycles. The fourth-order valence-corrected chi connectivity index (χ4v) is 3.21. The van der Waals surface area contributed by atoms with Gasteiger partial charge in [0.1, 0.15) is 25.2 Å². The average Bonchev–Trinajstić information content (AvgIpc) is 3.11. The lowest BCUT2D eigenvalue weighted by Crippen LogP contribution is -2.54. The highest BCUT2D eigenvalue weighted by molar-refractivity contribution is 6.01. The van der Waals surface area contributed by atoms with E-state index in [1.165, 1.54) is 0 Å². The van der Waals surface area contributed by atoms with Crippen molar-refractivity contribution < 1.29 is 33.8 Å². The Bertz CT molecular complexity index is 826. The summed E-state index contributed by atoms with van der Waals surface area (Å²) in [7, 11) is 0. The van der Waals surface area contributed by atoms with E-state index in [0.29, 0.717) is 0 Å². The number of carboxylic acids is 1.